The summed E-state index contributed by atoms with van der Waals surface area (Å²) in [4.78, 5) is 14.8. The van der Waals surface area contributed by atoms with Crippen LogP contribution in [-0.2, 0) is 4.74 Å². The minimum atomic E-state index is -0.706. The van der Waals surface area contributed by atoms with Crippen molar-refractivity contribution in [3.63, 3.8) is 0 Å². The second kappa shape index (κ2) is 3.82. The highest BCUT2D eigenvalue weighted by Crippen LogP contribution is 2.30. The van der Waals surface area contributed by atoms with Gasteiger partial charge in [0.05, 0.1) is 6.20 Å². The van der Waals surface area contributed by atoms with Crippen molar-refractivity contribution in [2.45, 2.75) is 18.6 Å². The maximum atomic E-state index is 13.1. The highest BCUT2D eigenvalue weighted by atomic mass is 32.2. The Labute approximate surface area is 89.4 Å². The zero-order valence-corrected chi connectivity index (χ0v) is 8.83. The molecule has 1 aliphatic heterocycles. The molecule has 0 spiro atoms. The van der Waals surface area contributed by atoms with Crippen LogP contribution in [0.5, 0.6) is 0 Å². The fraction of sp³-hybridized carbons (Fsp3) is 0.500. The van der Waals surface area contributed by atoms with Crippen LogP contribution in [0.3, 0.4) is 0 Å². The van der Waals surface area contributed by atoms with Gasteiger partial charge in [-0.3, -0.25) is 4.57 Å². The third-order valence-corrected chi connectivity index (χ3v) is 3.12. The molecule has 2 N–H and O–H groups in total. The molecular formula is C8H10FN3O2S. The highest BCUT2D eigenvalue weighted by Gasteiger charge is 2.25. The summed E-state index contributed by atoms with van der Waals surface area (Å²) in [7, 11) is 0. The number of anilines is 1. The van der Waals surface area contributed by atoms with Gasteiger partial charge in [-0.05, 0) is 6.92 Å². The van der Waals surface area contributed by atoms with Crippen LogP contribution >= 0.6 is 11.8 Å². The average molecular weight is 231 g/mol. The predicted molar refractivity (Wildman–Crippen MR) is 54.9 cm³/mol. The second-order valence-corrected chi connectivity index (χ2v) is 4.49. The number of nitrogens with zero attached hydrogens (tertiary/aromatic N) is 2. The van der Waals surface area contributed by atoms with Crippen molar-refractivity contribution in [3.8, 4) is 0 Å². The first-order valence-corrected chi connectivity index (χ1v) is 5.44. The van der Waals surface area contributed by atoms with E-state index < -0.39 is 17.7 Å². The molecule has 2 rings (SSSR count). The molecule has 0 amide bonds. The molecule has 1 aliphatic rings. The maximum absolute atomic E-state index is 13.1. The van der Waals surface area contributed by atoms with E-state index in [4.69, 9.17) is 10.5 Å². The van der Waals surface area contributed by atoms with Crippen molar-refractivity contribution in [3.05, 3.63) is 22.5 Å². The molecule has 0 bridgehead atoms. The van der Waals surface area contributed by atoms with Gasteiger partial charge >= 0.3 is 5.69 Å². The van der Waals surface area contributed by atoms with E-state index in [1.807, 2.05) is 6.92 Å². The SMILES string of the molecule is C[C@H]1O[C@@H](n2cc(F)c(N)nc2=O)CS1. The quantitative estimate of drug-likeness (QED) is 0.765. The van der Waals surface area contributed by atoms with Crippen LogP contribution in [0.2, 0.25) is 0 Å². The maximum Gasteiger partial charge on any atom is 0.351 e. The summed E-state index contributed by atoms with van der Waals surface area (Å²) in [5.41, 5.74) is 4.58. The summed E-state index contributed by atoms with van der Waals surface area (Å²) in [6.07, 6.45) is 0.577. The fourth-order valence-electron chi connectivity index (χ4n) is 1.33. The summed E-state index contributed by atoms with van der Waals surface area (Å²) in [5, 5.41) is 0. The molecule has 7 heteroatoms. The van der Waals surface area contributed by atoms with E-state index in [0.29, 0.717) is 5.75 Å². The Morgan fingerprint density at radius 1 is 1.80 bits per heavy atom. The number of thioether (sulfide) groups is 1. The highest BCUT2D eigenvalue weighted by molar-refractivity contribution is 7.99. The number of rotatable bonds is 1. The first kappa shape index (κ1) is 10.4. The fourth-order valence-corrected chi connectivity index (χ4v) is 2.21. The molecule has 15 heavy (non-hydrogen) atoms. The van der Waals surface area contributed by atoms with E-state index in [2.05, 4.69) is 4.98 Å². The lowest BCUT2D eigenvalue weighted by atomic mass is 10.5. The average Bonchev–Trinajstić information content (AvgIpc) is 2.58. The molecule has 1 fully saturated rings. The van der Waals surface area contributed by atoms with E-state index in [9.17, 15) is 9.18 Å². The van der Waals surface area contributed by atoms with Gasteiger partial charge < -0.3 is 10.5 Å². The summed E-state index contributed by atoms with van der Waals surface area (Å²) >= 11 is 1.56. The molecule has 1 aromatic rings. The molecular weight excluding hydrogens is 221 g/mol. The molecule has 2 atom stereocenters. The van der Waals surface area contributed by atoms with Gasteiger partial charge in [0.25, 0.3) is 0 Å². The Hall–Kier alpha value is -1.08. The minimum absolute atomic E-state index is 0.00233. The van der Waals surface area contributed by atoms with Gasteiger partial charge in [-0.15, -0.1) is 11.8 Å². The number of hydrogen-bond acceptors (Lipinski definition) is 5. The topological polar surface area (TPSA) is 70.1 Å². The molecule has 0 aliphatic carbocycles. The number of nitrogens with two attached hydrogens (primary N) is 1. The summed E-state index contributed by atoms with van der Waals surface area (Å²) in [6.45, 7) is 1.87. The minimum Gasteiger partial charge on any atom is -0.381 e. The third-order valence-electron chi connectivity index (χ3n) is 2.07. The number of hydrogen-bond donors (Lipinski definition) is 1. The van der Waals surface area contributed by atoms with Gasteiger partial charge in [0.15, 0.2) is 11.6 Å². The molecule has 0 saturated carbocycles. The van der Waals surface area contributed by atoms with Gasteiger partial charge in [-0.1, -0.05) is 0 Å². The largest absolute Gasteiger partial charge is 0.381 e. The van der Waals surface area contributed by atoms with Crippen molar-refractivity contribution >= 4 is 17.6 Å². The second-order valence-electron chi connectivity index (χ2n) is 3.16. The van der Waals surface area contributed by atoms with Crippen LogP contribution in [-0.4, -0.2) is 20.7 Å². The van der Waals surface area contributed by atoms with Crippen LogP contribution in [0.25, 0.3) is 0 Å². The molecule has 0 aromatic carbocycles. The molecule has 82 valence electrons. The van der Waals surface area contributed by atoms with E-state index in [-0.39, 0.29) is 11.3 Å². The Bertz CT molecular complexity index is 436. The lowest BCUT2D eigenvalue weighted by molar-refractivity contribution is 0.0230. The van der Waals surface area contributed by atoms with Crippen molar-refractivity contribution < 1.29 is 9.13 Å². The van der Waals surface area contributed by atoms with Crippen LogP contribution in [0.4, 0.5) is 10.2 Å². The Kier molecular flexibility index (Phi) is 2.66. The van der Waals surface area contributed by atoms with Gasteiger partial charge in [-0.2, -0.15) is 4.98 Å². The normalized spacial score (nSPS) is 25.7. The van der Waals surface area contributed by atoms with Gasteiger partial charge in [0, 0.05) is 5.75 Å². The number of aromatic nitrogens is 2. The smallest absolute Gasteiger partial charge is 0.351 e. The number of ether oxygens (including phenoxy) is 1. The van der Waals surface area contributed by atoms with Gasteiger partial charge in [0.1, 0.15) is 11.7 Å². The Morgan fingerprint density at radius 3 is 3.13 bits per heavy atom. The number of halogens is 1. The van der Waals surface area contributed by atoms with Crippen LogP contribution in [0.15, 0.2) is 11.0 Å². The first-order chi connectivity index (χ1) is 7.08. The lowest BCUT2D eigenvalue weighted by Crippen LogP contribution is -2.29. The zero-order chi connectivity index (χ0) is 11.0. The lowest BCUT2D eigenvalue weighted by Gasteiger charge is -2.12. The van der Waals surface area contributed by atoms with E-state index in [0.717, 1.165) is 10.8 Å². The molecule has 0 unspecified atom stereocenters. The monoisotopic (exact) mass is 231 g/mol. The molecule has 1 saturated heterocycles. The predicted octanol–water partition coefficient (Wildman–Crippen LogP) is 0.573. The van der Waals surface area contributed by atoms with E-state index >= 15 is 0 Å². The van der Waals surface area contributed by atoms with Gasteiger partial charge in [0.2, 0.25) is 0 Å². The Morgan fingerprint density at radius 2 is 2.53 bits per heavy atom. The van der Waals surface area contributed by atoms with E-state index in [1.165, 1.54) is 0 Å². The zero-order valence-electron chi connectivity index (χ0n) is 8.01. The van der Waals surface area contributed by atoms with Crippen LogP contribution < -0.4 is 11.4 Å². The van der Waals surface area contributed by atoms with Gasteiger partial charge in [-0.25, -0.2) is 9.18 Å². The number of nitrogen functional groups attached to an aromatic ring is 1. The van der Waals surface area contributed by atoms with Crippen molar-refractivity contribution in [1.82, 2.24) is 9.55 Å². The van der Waals surface area contributed by atoms with Crippen LogP contribution in [0.1, 0.15) is 13.2 Å². The molecule has 0 radical (unpaired) electrons. The molecule has 2 heterocycles. The summed E-state index contributed by atoms with van der Waals surface area (Å²) in [6, 6.07) is 0. The summed E-state index contributed by atoms with van der Waals surface area (Å²) < 4.78 is 19.6. The standard InChI is InChI=1S/C8H10FN3O2S/c1-4-14-6(3-15-4)12-2-5(9)7(10)11-8(12)13/h2,4,6H,3H2,1H3,(H2,10,11,13)/t4-,6+/m0/s1. The van der Waals surface area contributed by atoms with Crippen LogP contribution in [0, 0.1) is 5.82 Å². The van der Waals surface area contributed by atoms with Crippen molar-refractivity contribution in [2.24, 2.45) is 0 Å². The molecule has 5 nitrogen and oxygen atoms in total. The van der Waals surface area contributed by atoms with Crippen molar-refractivity contribution in [2.75, 3.05) is 11.5 Å². The van der Waals surface area contributed by atoms with Crippen molar-refractivity contribution in [1.29, 1.82) is 0 Å². The summed E-state index contributed by atoms with van der Waals surface area (Å²) in [5.74, 6) is -0.482. The Balaban J connectivity index is 2.36. The first-order valence-electron chi connectivity index (χ1n) is 4.39. The van der Waals surface area contributed by atoms with E-state index in [1.54, 1.807) is 11.8 Å². The third kappa shape index (κ3) is 1.98. The molecule has 1 aromatic heterocycles.